The molecule has 1 atom stereocenters. The number of anilines is 2. The highest BCUT2D eigenvalue weighted by Gasteiger charge is 2.30. The summed E-state index contributed by atoms with van der Waals surface area (Å²) in [6, 6.07) is 13.2. The summed E-state index contributed by atoms with van der Waals surface area (Å²) >= 11 is 0. The molecule has 0 fully saturated rings. The van der Waals surface area contributed by atoms with Crippen LogP contribution in [0.2, 0.25) is 0 Å². The molecule has 2 aromatic heterocycles. The van der Waals surface area contributed by atoms with Crippen LogP contribution >= 0.6 is 0 Å². The second-order valence-corrected chi connectivity index (χ2v) is 13.4. The van der Waals surface area contributed by atoms with Gasteiger partial charge in [-0.15, -0.1) is 0 Å². The summed E-state index contributed by atoms with van der Waals surface area (Å²) in [5, 5.41) is 11.2. The molecule has 13 heteroatoms. The third-order valence-corrected chi connectivity index (χ3v) is 7.86. The smallest absolute Gasteiger partial charge is 0.326 e. The lowest BCUT2D eigenvalue weighted by molar-refractivity contribution is -0.156. The predicted molar refractivity (Wildman–Crippen MR) is 175 cm³/mol. The van der Waals surface area contributed by atoms with Crippen LogP contribution in [0, 0.1) is 20.8 Å². The van der Waals surface area contributed by atoms with Crippen LogP contribution in [-0.4, -0.2) is 59.8 Å². The molecule has 0 aliphatic carbocycles. The normalized spacial score (nSPS) is 12.5. The first-order valence-corrected chi connectivity index (χ1v) is 16.2. The van der Waals surface area contributed by atoms with Crippen molar-refractivity contribution in [2.24, 2.45) is 0 Å². The number of hydrogen-bond acceptors (Lipinski definition) is 8. The van der Waals surface area contributed by atoms with Crippen molar-refractivity contribution in [1.29, 1.82) is 0 Å². The van der Waals surface area contributed by atoms with Crippen LogP contribution in [0.4, 0.5) is 11.5 Å². The molecule has 0 saturated carbocycles. The van der Waals surface area contributed by atoms with Gasteiger partial charge in [-0.2, -0.15) is 18.2 Å². The van der Waals surface area contributed by atoms with Gasteiger partial charge in [-0.3, -0.25) is 19.0 Å². The van der Waals surface area contributed by atoms with E-state index in [1.165, 1.54) is 0 Å². The summed E-state index contributed by atoms with van der Waals surface area (Å²) in [4.78, 5) is 30.4. The van der Waals surface area contributed by atoms with Crippen molar-refractivity contribution in [2.75, 3.05) is 23.1 Å². The maximum Gasteiger partial charge on any atom is 0.326 e. The summed E-state index contributed by atoms with van der Waals surface area (Å²) < 4.78 is 38.5. The average molecular weight is 636 g/mol. The lowest BCUT2D eigenvalue weighted by atomic mass is 10.1. The molecular formula is C32H41N7O5S. The number of rotatable bonds is 13. The topological polar surface area (TPSA) is 156 Å². The molecule has 2 aromatic carbocycles. The van der Waals surface area contributed by atoms with Crippen LogP contribution < -0.4 is 20.1 Å². The molecule has 0 unspecified atom stereocenters. The van der Waals surface area contributed by atoms with E-state index in [2.05, 4.69) is 30.2 Å². The molecule has 12 nitrogen and oxygen atoms in total. The van der Waals surface area contributed by atoms with Crippen molar-refractivity contribution in [2.45, 2.75) is 66.2 Å². The fourth-order valence-corrected chi connectivity index (χ4v) is 6.06. The van der Waals surface area contributed by atoms with Crippen molar-refractivity contribution >= 4 is 44.5 Å². The Morgan fingerprint density at radius 3 is 2.42 bits per heavy atom. The van der Waals surface area contributed by atoms with Gasteiger partial charge in [-0.1, -0.05) is 23.8 Å². The van der Waals surface area contributed by atoms with Crippen molar-refractivity contribution in [3.63, 3.8) is 0 Å². The van der Waals surface area contributed by atoms with E-state index in [1.54, 1.807) is 59.1 Å². The summed E-state index contributed by atoms with van der Waals surface area (Å²) in [6.45, 7) is 11.6. The van der Waals surface area contributed by atoms with E-state index in [0.29, 0.717) is 17.8 Å². The van der Waals surface area contributed by atoms with Crippen LogP contribution in [0.15, 0.2) is 60.9 Å². The van der Waals surface area contributed by atoms with E-state index in [9.17, 15) is 18.0 Å². The molecule has 240 valence electrons. The highest BCUT2D eigenvalue weighted by molar-refractivity contribution is 7.90. The largest absolute Gasteiger partial charge is 0.459 e. The average Bonchev–Trinajstić information content (AvgIpc) is 3.37. The molecule has 0 aliphatic heterocycles. The quantitative estimate of drug-likeness (QED) is 0.126. The monoisotopic (exact) mass is 635 g/mol. The Balaban J connectivity index is 1.41. The van der Waals surface area contributed by atoms with E-state index in [-0.39, 0.29) is 6.54 Å². The number of esters is 1. The SMILES string of the molecule is Cc1cc(C)c(NS(=O)(=O)N[C@@H](CNC(=O)c2ccc3c(cnn3CCCNc3ccccn3)c2)C(=O)OC(C)(C)C)c(C)c1. The number of amides is 1. The van der Waals surface area contributed by atoms with E-state index in [4.69, 9.17) is 4.74 Å². The van der Waals surface area contributed by atoms with E-state index < -0.39 is 33.7 Å². The van der Waals surface area contributed by atoms with Gasteiger partial charge in [-0.25, -0.2) is 4.98 Å². The number of aromatic nitrogens is 3. The molecule has 2 heterocycles. The minimum absolute atomic E-state index is 0.332. The predicted octanol–water partition coefficient (Wildman–Crippen LogP) is 4.25. The van der Waals surface area contributed by atoms with E-state index in [1.807, 2.05) is 48.0 Å². The molecule has 45 heavy (non-hydrogen) atoms. The summed E-state index contributed by atoms with van der Waals surface area (Å²) in [5.74, 6) is -0.483. The molecule has 0 radical (unpaired) electrons. The van der Waals surface area contributed by atoms with Crippen LogP contribution in [0.1, 0.15) is 54.2 Å². The summed E-state index contributed by atoms with van der Waals surface area (Å²) in [5.41, 5.74) is 3.22. The molecule has 0 saturated heterocycles. The number of aryl methyl sites for hydroxylation is 4. The van der Waals surface area contributed by atoms with Crippen molar-refractivity contribution in [3.05, 3.63) is 83.2 Å². The van der Waals surface area contributed by atoms with Gasteiger partial charge < -0.3 is 15.4 Å². The van der Waals surface area contributed by atoms with Gasteiger partial charge in [0.2, 0.25) is 0 Å². The Hall–Kier alpha value is -4.49. The Bertz CT molecular complexity index is 1740. The van der Waals surface area contributed by atoms with Gasteiger partial charge in [0.05, 0.1) is 17.4 Å². The number of carbonyl (C=O) groups is 2. The number of nitrogens with zero attached hydrogens (tertiary/aromatic N) is 3. The van der Waals surface area contributed by atoms with Gasteiger partial charge in [0, 0.05) is 36.8 Å². The van der Waals surface area contributed by atoms with E-state index >= 15 is 0 Å². The Morgan fingerprint density at radius 2 is 1.76 bits per heavy atom. The van der Waals surface area contributed by atoms with Gasteiger partial charge in [0.25, 0.3) is 16.1 Å². The highest BCUT2D eigenvalue weighted by atomic mass is 32.2. The fourth-order valence-electron chi connectivity index (χ4n) is 4.85. The van der Waals surface area contributed by atoms with E-state index in [0.717, 1.165) is 46.4 Å². The minimum atomic E-state index is -4.23. The van der Waals surface area contributed by atoms with Gasteiger partial charge >= 0.3 is 5.97 Å². The first-order valence-electron chi connectivity index (χ1n) is 14.7. The maximum absolute atomic E-state index is 13.1. The third kappa shape index (κ3) is 9.50. The number of benzene rings is 2. The molecule has 4 N–H and O–H groups in total. The first-order chi connectivity index (χ1) is 21.2. The molecule has 0 aliphatic rings. The molecule has 0 spiro atoms. The fraction of sp³-hybridized carbons (Fsp3) is 0.375. The summed E-state index contributed by atoms with van der Waals surface area (Å²) in [7, 11) is -4.23. The second kappa shape index (κ2) is 14.1. The second-order valence-electron chi connectivity index (χ2n) is 11.9. The number of ether oxygens (including phenoxy) is 1. The maximum atomic E-state index is 13.1. The molecule has 0 bridgehead atoms. The van der Waals surface area contributed by atoms with Crippen LogP contribution in [0.5, 0.6) is 0 Å². The summed E-state index contributed by atoms with van der Waals surface area (Å²) in [6.07, 6.45) is 4.24. The number of pyridine rings is 1. The van der Waals surface area contributed by atoms with Crippen molar-refractivity contribution < 1.29 is 22.7 Å². The van der Waals surface area contributed by atoms with Gasteiger partial charge in [0.15, 0.2) is 0 Å². The first kappa shape index (κ1) is 33.4. The number of hydrogen-bond donors (Lipinski definition) is 4. The van der Waals surface area contributed by atoms with Gasteiger partial charge in [0.1, 0.15) is 17.5 Å². The van der Waals surface area contributed by atoms with Crippen LogP contribution in [0.25, 0.3) is 10.9 Å². The lowest BCUT2D eigenvalue weighted by Crippen LogP contribution is -2.51. The van der Waals surface area contributed by atoms with Crippen molar-refractivity contribution in [1.82, 2.24) is 24.8 Å². The zero-order valence-corrected chi connectivity index (χ0v) is 27.3. The van der Waals surface area contributed by atoms with Crippen LogP contribution in [0.3, 0.4) is 0 Å². The van der Waals surface area contributed by atoms with Gasteiger partial charge in [-0.05, 0) is 89.4 Å². The Labute approximate surface area is 264 Å². The Morgan fingerprint density at radius 1 is 1.02 bits per heavy atom. The minimum Gasteiger partial charge on any atom is -0.459 e. The zero-order valence-electron chi connectivity index (χ0n) is 26.5. The Kier molecular flexibility index (Phi) is 10.5. The molecule has 1 amide bonds. The highest BCUT2D eigenvalue weighted by Crippen LogP contribution is 2.23. The zero-order chi connectivity index (χ0) is 32.8. The molecular weight excluding hydrogens is 594 g/mol. The lowest BCUT2D eigenvalue weighted by Gasteiger charge is -2.25. The number of carbonyl (C=O) groups excluding carboxylic acids is 2. The van der Waals surface area contributed by atoms with Crippen LogP contribution in [-0.2, 0) is 26.3 Å². The number of fused-ring (bicyclic) bond motifs is 1. The standard InChI is InChI=1S/C32H41N7O5S/c1-21-16-22(2)29(23(3)17-21)38-45(42,43)37-26(31(41)44-32(4,5)6)20-35-30(40)24-11-12-27-25(18-24)19-36-39(27)15-9-14-34-28-10-7-8-13-33-28/h7-8,10-13,16-19,26,37-38H,9,14-15,20H2,1-6H3,(H,33,34)(H,35,40)/t26-/m0/s1. The number of nitrogens with one attached hydrogen (secondary N) is 4. The molecule has 4 rings (SSSR count). The van der Waals surface area contributed by atoms with Crippen molar-refractivity contribution in [3.8, 4) is 0 Å². The molecule has 4 aromatic rings. The third-order valence-electron chi connectivity index (χ3n) is 6.79.